The first kappa shape index (κ1) is 12.5. The van der Waals surface area contributed by atoms with Crippen LogP contribution in [0.5, 0.6) is 0 Å². The van der Waals surface area contributed by atoms with Crippen molar-refractivity contribution >= 4 is 5.91 Å². The third-order valence-electron chi connectivity index (χ3n) is 3.17. The molecule has 0 saturated heterocycles. The molecule has 1 fully saturated rings. The molecule has 1 saturated carbocycles. The molecular formula is C12H24N2O. The fraction of sp³-hybridized carbons (Fsp3) is 0.917. The highest BCUT2D eigenvalue weighted by atomic mass is 16.2. The van der Waals surface area contributed by atoms with Gasteiger partial charge in [0.2, 0.25) is 5.91 Å². The lowest BCUT2D eigenvalue weighted by atomic mass is 9.82. The zero-order valence-electron chi connectivity index (χ0n) is 9.87. The predicted octanol–water partition coefficient (Wildman–Crippen LogP) is 1.76. The van der Waals surface area contributed by atoms with Crippen LogP contribution in [0.1, 0.15) is 45.4 Å². The Kier molecular flexibility index (Phi) is 5.69. The van der Waals surface area contributed by atoms with Crippen molar-refractivity contribution in [2.45, 2.75) is 45.4 Å². The van der Waals surface area contributed by atoms with Gasteiger partial charge in [-0.25, -0.2) is 0 Å². The molecule has 1 rings (SSSR count). The van der Waals surface area contributed by atoms with Gasteiger partial charge in [-0.3, -0.25) is 4.79 Å². The van der Waals surface area contributed by atoms with E-state index in [0.29, 0.717) is 18.4 Å². The maximum absolute atomic E-state index is 11.9. The molecule has 0 unspecified atom stereocenters. The second kappa shape index (κ2) is 6.83. The van der Waals surface area contributed by atoms with Gasteiger partial charge in [0.15, 0.2) is 0 Å². The minimum atomic E-state index is 0.343. The molecule has 0 aromatic heterocycles. The van der Waals surface area contributed by atoms with Crippen LogP contribution in [0.2, 0.25) is 0 Å². The molecule has 0 aromatic carbocycles. The molecule has 1 aliphatic carbocycles. The summed E-state index contributed by atoms with van der Waals surface area (Å²) in [6.07, 6.45) is 6.56. The van der Waals surface area contributed by atoms with E-state index in [-0.39, 0.29) is 0 Å². The van der Waals surface area contributed by atoms with Gasteiger partial charge in [0.25, 0.3) is 0 Å². The van der Waals surface area contributed by atoms with Crippen LogP contribution in [-0.4, -0.2) is 30.4 Å². The summed E-state index contributed by atoms with van der Waals surface area (Å²) in [5.41, 5.74) is 5.47. The summed E-state index contributed by atoms with van der Waals surface area (Å²) in [5.74, 6) is 1.02. The van der Waals surface area contributed by atoms with Gasteiger partial charge >= 0.3 is 0 Å². The van der Waals surface area contributed by atoms with E-state index >= 15 is 0 Å². The third-order valence-corrected chi connectivity index (χ3v) is 3.17. The maximum atomic E-state index is 11.9. The molecule has 0 atom stereocenters. The first-order chi connectivity index (χ1) is 7.27. The molecule has 3 nitrogen and oxygen atoms in total. The summed E-state index contributed by atoms with van der Waals surface area (Å²) in [7, 11) is 0. The molecule has 0 radical (unpaired) electrons. The molecule has 0 bridgehead atoms. The van der Waals surface area contributed by atoms with Crippen molar-refractivity contribution in [3.63, 3.8) is 0 Å². The fourth-order valence-corrected chi connectivity index (χ4v) is 1.99. The van der Waals surface area contributed by atoms with Crippen LogP contribution >= 0.6 is 0 Å². The van der Waals surface area contributed by atoms with Crippen LogP contribution in [0.4, 0.5) is 0 Å². The standard InChI is InChI=1S/C12H24N2O/c1-2-8-14(9-4-7-13)12(15)10-11-5-3-6-11/h11H,2-10,13H2,1H3. The van der Waals surface area contributed by atoms with E-state index in [4.69, 9.17) is 5.73 Å². The van der Waals surface area contributed by atoms with Crippen molar-refractivity contribution in [2.24, 2.45) is 11.7 Å². The molecule has 15 heavy (non-hydrogen) atoms. The Morgan fingerprint density at radius 1 is 1.40 bits per heavy atom. The molecule has 88 valence electrons. The molecular weight excluding hydrogens is 188 g/mol. The quantitative estimate of drug-likeness (QED) is 0.699. The molecule has 1 amide bonds. The Hall–Kier alpha value is -0.570. The number of hydrogen-bond acceptors (Lipinski definition) is 2. The first-order valence-corrected chi connectivity index (χ1v) is 6.25. The summed E-state index contributed by atoms with van der Waals surface area (Å²) in [4.78, 5) is 13.9. The number of carbonyl (C=O) groups excluding carboxylic acids is 1. The average molecular weight is 212 g/mol. The van der Waals surface area contributed by atoms with Crippen molar-refractivity contribution in [1.29, 1.82) is 0 Å². The highest BCUT2D eigenvalue weighted by Crippen LogP contribution is 2.29. The van der Waals surface area contributed by atoms with Crippen molar-refractivity contribution in [2.75, 3.05) is 19.6 Å². The molecule has 0 heterocycles. The topological polar surface area (TPSA) is 46.3 Å². The van der Waals surface area contributed by atoms with Crippen LogP contribution in [0.3, 0.4) is 0 Å². The number of carbonyl (C=O) groups is 1. The summed E-state index contributed by atoms with van der Waals surface area (Å²) in [6.45, 7) is 4.53. The van der Waals surface area contributed by atoms with E-state index in [1.54, 1.807) is 0 Å². The van der Waals surface area contributed by atoms with E-state index in [2.05, 4.69) is 6.92 Å². The Labute approximate surface area is 93.0 Å². The number of rotatable bonds is 7. The van der Waals surface area contributed by atoms with E-state index in [1.165, 1.54) is 19.3 Å². The zero-order valence-corrected chi connectivity index (χ0v) is 9.87. The smallest absolute Gasteiger partial charge is 0.222 e. The third kappa shape index (κ3) is 4.20. The van der Waals surface area contributed by atoms with Crippen molar-refractivity contribution in [3.8, 4) is 0 Å². The number of nitrogens with two attached hydrogens (primary N) is 1. The number of nitrogens with zero attached hydrogens (tertiary/aromatic N) is 1. The zero-order chi connectivity index (χ0) is 11.1. The Bertz CT molecular complexity index is 190. The SMILES string of the molecule is CCCN(CCCN)C(=O)CC1CCC1. The lowest BCUT2D eigenvalue weighted by Gasteiger charge is -2.29. The minimum absolute atomic E-state index is 0.343. The molecule has 0 aromatic rings. The average Bonchev–Trinajstić information content (AvgIpc) is 2.18. The largest absolute Gasteiger partial charge is 0.343 e. The van der Waals surface area contributed by atoms with Crippen LogP contribution in [0, 0.1) is 5.92 Å². The van der Waals surface area contributed by atoms with E-state index in [1.807, 2.05) is 4.90 Å². The van der Waals surface area contributed by atoms with Gasteiger partial charge in [0, 0.05) is 19.5 Å². The van der Waals surface area contributed by atoms with Crippen molar-refractivity contribution in [3.05, 3.63) is 0 Å². The number of hydrogen-bond donors (Lipinski definition) is 1. The first-order valence-electron chi connectivity index (χ1n) is 6.25. The molecule has 0 spiro atoms. The highest BCUT2D eigenvalue weighted by Gasteiger charge is 2.23. The van der Waals surface area contributed by atoms with E-state index in [9.17, 15) is 4.79 Å². The van der Waals surface area contributed by atoms with E-state index < -0.39 is 0 Å². The summed E-state index contributed by atoms with van der Waals surface area (Å²) in [6, 6.07) is 0. The van der Waals surface area contributed by atoms with Gasteiger partial charge < -0.3 is 10.6 Å². The number of amides is 1. The van der Waals surface area contributed by atoms with Crippen LogP contribution in [0.25, 0.3) is 0 Å². The lowest BCUT2D eigenvalue weighted by Crippen LogP contribution is -2.35. The normalized spacial score (nSPS) is 16.1. The molecule has 3 heteroatoms. The van der Waals surface area contributed by atoms with Gasteiger partial charge in [0.1, 0.15) is 0 Å². The van der Waals surface area contributed by atoms with Gasteiger partial charge in [-0.2, -0.15) is 0 Å². The second-order valence-corrected chi connectivity index (χ2v) is 4.52. The van der Waals surface area contributed by atoms with Crippen molar-refractivity contribution in [1.82, 2.24) is 4.90 Å². The van der Waals surface area contributed by atoms with Crippen LogP contribution in [-0.2, 0) is 4.79 Å². The van der Waals surface area contributed by atoms with Gasteiger partial charge in [-0.1, -0.05) is 13.3 Å². The summed E-state index contributed by atoms with van der Waals surface area (Å²) < 4.78 is 0. The minimum Gasteiger partial charge on any atom is -0.343 e. The van der Waals surface area contributed by atoms with Gasteiger partial charge in [-0.05, 0) is 38.1 Å². The van der Waals surface area contributed by atoms with Gasteiger partial charge in [0.05, 0.1) is 0 Å². The summed E-state index contributed by atoms with van der Waals surface area (Å²) in [5, 5.41) is 0. The van der Waals surface area contributed by atoms with E-state index in [0.717, 1.165) is 32.4 Å². The van der Waals surface area contributed by atoms with Crippen LogP contribution < -0.4 is 5.73 Å². The van der Waals surface area contributed by atoms with Gasteiger partial charge in [-0.15, -0.1) is 0 Å². The molecule has 1 aliphatic rings. The Balaban J connectivity index is 2.28. The monoisotopic (exact) mass is 212 g/mol. The Morgan fingerprint density at radius 3 is 2.60 bits per heavy atom. The fourth-order valence-electron chi connectivity index (χ4n) is 1.99. The van der Waals surface area contributed by atoms with Crippen molar-refractivity contribution < 1.29 is 4.79 Å². The predicted molar refractivity (Wildman–Crippen MR) is 62.5 cm³/mol. The molecule has 0 aliphatic heterocycles. The Morgan fingerprint density at radius 2 is 2.13 bits per heavy atom. The van der Waals surface area contributed by atoms with Crippen LogP contribution in [0.15, 0.2) is 0 Å². The molecule has 2 N–H and O–H groups in total. The summed E-state index contributed by atoms with van der Waals surface area (Å²) >= 11 is 0. The maximum Gasteiger partial charge on any atom is 0.222 e. The highest BCUT2D eigenvalue weighted by molar-refractivity contribution is 5.76. The lowest BCUT2D eigenvalue weighted by molar-refractivity contribution is -0.132. The second-order valence-electron chi connectivity index (χ2n) is 4.52.